The number of hydrogen-bond donors (Lipinski definition) is 1. The number of ether oxygens (including phenoxy) is 1. The van der Waals surface area contributed by atoms with Crippen molar-refractivity contribution in [3.8, 4) is 0 Å². The van der Waals surface area contributed by atoms with E-state index in [9.17, 15) is 4.79 Å². The van der Waals surface area contributed by atoms with Gasteiger partial charge in [0.1, 0.15) is 0 Å². The molecule has 5 heteroatoms. The topological polar surface area (TPSA) is 49.8 Å². The minimum absolute atomic E-state index is 0.491. The molecule has 1 heterocycles. The number of morpholine rings is 1. The van der Waals surface area contributed by atoms with Crippen molar-refractivity contribution in [2.24, 2.45) is 0 Å². The molecule has 1 aromatic rings. The summed E-state index contributed by atoms with van der Waals surface area (Å²) >= 11 is 1.79. The fourth-order valence-corrected chi connectivity index (χ4v) is 2.80. The van der Waals surface area contributed by atoms with Crippen LogP contribution in [0.5, 0.6) is 0 Å². The lowest BCUT2D eigenvalue weighted by atomic mass is 10.3. The average Bonchev–Trinajstić information content (AvgIpc) is 2.40. The smallest absolute Gasteiger partial charge is 0.334 e. The van der Waals surface area contributed by atoms with E-state index < -0.39 is 12.1 Å². The lowest BCUT2D eigenvalue weighted by Gasteiger charge is -2.30. The lowest BCUT2D eigenvalue weighted by Crippen LogP contribution is -2.46. The van der Waals surface area contributed by atoms with Crippen LogP contribution < -0.4 is 0 Å². The van der Waals surface area contributed by atoms with Crippen LogP contribution in [0.1, 0.15) is 0 Å². The van der Waals surface area contributed by atoms with Crippen molar-refractivity contribution in [2.75, 3.05) is 32.0 Å². The Balaban J connectivity index is 1.72. The molecule has 98 valence electrons. The van der Waals surface area contributed by atoms with Crippen LogP contribution in [0.3, 0.4) is 0 Å². The number of thioether (sulfide) groups is 1. The molecular formula is C13H17NO3S. The number of hydrogen-bond acceptors (Lipinski definition) is 4. The second-order valence-corrected chi connectivity index (χ2v) is 5.33. The van der Waals surface area contributed by atoms with Gasteiger partial charge in [-0.25, -0.2) is 4.79 Å². The first-order valence-electron chi connectivity index (χ1n) is 6.00. The first-order chi connectivity index (χ1) is 8.75. The zero-order valence-electron chi connectivity index (χ0n) is 10.1. The van der Waals surface area contributed by atoms with Crippen LogP contribution in [0.25, 0.3) is 0 Å². The highest BCUT2D eigenvalue weighted by molar-refractivity contribution is 7.99. The van der Waals surface area contributed by atoms with Crippen LogP contribution in [-0.2, 0) is 9.53 Å². The van der Waals surface area contributed by atoms with Crippen molar-refractivity contribution in [2.45, 2.75) is 11.0 Å². The predicted octanol–water partition coefficient (Wildman–Crippen LogP) is 1.56. The molecule has 0 spiro atoms. The van der Waals surface area contributed by atoms with E-state index in [1.54, 1.807) is 11.8 Å². The Morgan fingerprint density at radius 3 is 2.94 bits per heavy atom. The molecule has 1 aliphatic heterocycles. The number of carboxylic acid groups (broad SMARTS) is 1. The Labute approximate surface area is 111 Å². The van der Waals surface area contributed by atoms with Gasteiger partial charge in [-0.2, -0.15) is 0 Å². The number of nitrogens with zero attached hydrogens (tertiary/aromatic N) is 1. The number of rotatable bonds is 5. The van der Waals surface area contributed by atoms with Crippen molar-refractivity contribution in [1.29, 1.82) is 0 Å². The zero-order chi connectivity index (χ0) is 12.8. The van der Waals surface area contributed by atoms with E-state index in [4.69, 9.17) is 9.84 Å². The summed E-state index contributed by atoms with van der Waals surface area (Å²) in [5.41, 5.74) is 0. The molecule has 0 radical (unpaired) electrons. The Bertz CT molecular complexity index is 385. The standard InChI is InChI=1S/C13H17NO3S/c15-13(16)12-10-14(6-8-17-12)7-9-18-11-4-2-1-3-5-11/h1-5,12H,6-10H2,(H,15,16). The summed E-state index contributed by atoms with van der Waals surface area (Å²) in [6, 6.07) is 10.2. The van der Waals surface area contributed by atoms with Crippen molar-refractivity contribution in [3.05, 3.63) is 30.3 Å². The summed E-state index contributed by atoms with van der Waals surface area (Å²) < 4.78 is 5.19. The maximum Gasteiger partial charge on any atom is 0.334 e. The van der Waals surface area contributed by atoms with Crippen LogP contribution >= 0.6 is 11.8 Å². The summed E-state index contributed by atoms with van der Waals surface area (Å²) in [7, 11) is 0. The quantitative estimate of drug-likeness (QED) is 0.821. The molecule has 1 aromatic carbocycles. The van der Waals surface area contributed by atoms with Crippen molar-refractivity contribution in [1.82, 2.24) is 4.90 Å². The molecule has 0 saturated carbocycles. The SMILES string of the molecule is O=C(O)C1CN(CCSc2ccccc2)CCO1. The molecular weight excluding hydrogens is 250 g/mol. The maximum atomic E-state index is 10.8. The minimum Gasteiger partial charge on any atom is -0.479 e. The highest BCUT2D eigenvalue weighted by Gasteiger charge is 2.25. The number of carboxylic acids is 1. The molecule has 1 N–H and O–H groups in total. The van der Waals surface area contributed by atoms with Gasteiger partial charge in [0.15, 0.2) is 6.10 Å². The van der Waals surface area contributed by atoms with Gasteiger partial charge >= 0.3 is 5.97 Å². The van der Waals surface area contributed by atoms with E-state index in [-0.39, 0.29) is 0 Å². The molecule has 0 amide bonds. The molecule has 4 nitrogen and oxygen atoms in total. The minimum atomic E-state index is -0.865. The highest BCUT2D eigenvalue weighted by Crippen LogP contribution is 2.17. The van der Waals surface area contributed by atoms with E-state index in [2.05, 4.69) is 17.0 Å². The van der Waals surface area contributed by atoms with E-state index in [1.165, 1.54) is 4.90 Å². The third-order valence-corrected chi connectivity index (χ3v) is 3.84. The first-order valence-corrected chi connectivity index (χ1v) is 6.99. The molecule has 1 fully saturated rings. The van der Waals surface area contributed by atoms with Gasteiger partial charge in [0.25, 0.3) is 0 Å². The predicted molar refractivity (Wildman–Crippen MR) is 71.0 cm³/mol. The summed E-state index contributed by atoms with van der Waals surface area (Å²) in [5.74, 6) is 0.103. The summed E-state index contributed by atoms with van der Waals surface area (Å²) in [6.07, 6.45) is -0.666. The highest BCUT2D eigenvalue weighted by atomic mass is 32.2. The largest absolute Gasteiger partial charge is 0.479 e. The average molecular weight is 267 g/mol. The number of benzene rings is 1. The molecule has 0 aromatic heterocycles. The lowest BCUT2D eigenvalue weighted by molar-refractivity contribution is -0.155. The Morgan fingerprint density at radius 1 is 1.44 bits per heavy atom. The summed E-state index contributed by atoms with van der Waals surface area (Å²) in [6.45, 7) is 2.71. The molecule has 1 unspecified atom stereocenters. The van der Waals surface area contributed by atoms with Gasteiger partial charge in [0.2, 0.25) is 0 Å². The number of carbonyl (C=O) groups is 1. The first kappa shape index (κ1) is 13.4. The Morgan fingerprint density at radius 2 is 2.22 bits per heavy atom. The van der Waals surface area contributed by atoms with Gasteiger partial charge in [-0.3, -0.25) is 4.90 Å². The normalized spacial score (nSPS) is 20.8. The maximum absolute atomic E-state index is 10.8. The van der Waals surface area contributed by atoms with Crippen molar-refractivity contribution >= 4 is 17.7 Å². The van der Waals surface area contributed by atoms with E-state index in [0.717, 1.165) is 18.8 Å². The number of aliphatic carboxylic acids is 1. The van der Waals surface area contributed by atoms with E-state index >= 15 is 0 Å². The van der Waals surface area contributed by atoms with Gasteiger partial charge in [-0.05, 0) is 12.1 Å². The van der Waals surface area contributed by atoms with Gasteiger partial charge in [-0.1, -0.05) is 18.2 Å². The summed E-state index contributed by atoms with van der Waals surface area (Å²) in [5, 5.41) is 8.90. The molecule has 18 heavy (non-hydrogen) atoms. The molecule has 1 atom stereocenters. The second-order valence-electron chi connectivity index (χ2n) is 4.16. The van der Waals surface area contributed by atoms with Crippen molar-refractivity contribution < 1.29 is 14.6 Å². The molecule has 1 saturated heterocycles. The van der Waals surface area contributed by atoms with Crippen molar-refractivity contribution in [3.63, 3.8) is 0 Å². The van der Waals surface area contributed by atoms with E-state index in [1.807, 2.05) is 18.2 Å². The van der Waals surface area contributed by atoms with Crippen LogP contribution in [0.15, 0.2) is 35.2 Å². The fraction of sp³-hybridized carbons (Fsp3) is 0.462. The van der Waals surface area contributed by atoms with Gasteiger partial charge in [-0.15, -0.1) is 11.8 Å². The van der Waals surface area contributed by atoms with Gasteiger partial charge in [0, 0.05) is 30.3 Å². The van der Waals surface area contributed by atoms with Crippen LogP contribution in [0.2, 0.25) is 0 Å². The van der Waals surface area contributed by atoms with E-state index in [0.29, 0.717) is 13.2 Å². The molecule has 0 bridgehead atoms. The molecule has 0 aliphatic carbocycles. The van der Waals surface area contributed by atoms with Gasteiger partial charge in [0.05, 0.1) is 6.61 Å². The van der Waals surface area contributed by atoms with Crippen LogP contribution in [0.4, 0.5) is 0 Å². The fourth-order valence-electron chi connectivity index (χ4n) is 1.86. The van der Waals surface area contributed by atoms with Gasteiger partial charge < -0.3 is 9.84 Å². The second kappa shape index (κ2) is 6.78. The third-order valence-electron chi connectivity index (χ3n) is 2.85. The zero-order valence-corrected chi connectivity index (χ0v) is 10.9. The molecule has 2 rings (SSSR count). The Kier molecular flexibility index (Phi) is 5.04. The van der Waals surface area contributed by atoms with Crippen LogP contribution in [0, 0.1) is 0 Å². The molecule has 1 aliphatic rings. The monoisotopic (exact) mass is 267 g/mol. The Hall–Kier alpha value is -1.04. The summed E-state index contributed by atoms with van der Waals surface area (Å²) in [4.78, 5) is 14.2. The third kappa shape index (κ3) is 4.01. The van der Waals surface area contributed by atoms with Crippen LogP contribution in [-0.4, -0.2) is 54.1 Å².